The average molecular weight is 338 g/mol. The lowest BCUT2D eigenvalue weighted by Crippen LogP contribution is -2.46. The van der Waals surface area contributed by atoms with Gasteiger partial charge in [0.25, 0.3) is 0 Å². The number of amides is 1. The number of nitrogens with zero attached hydrogens (tertiary/aromatic N) is 1. The van der Waals surface area contributed by atoms with Crippen LogP contribution >= 0.6 is 0 Å². The minimum absolute atomic E-state index is 0.0385. The van der Waals surface area contributed by atoms with E-state index in [2.05, 4.69) is 5.32 Å². The maximum Gasteiger partial charge on any atom is 0.235 e. The standard InChI is InChI=1S/C17H26N2O3S/c1-14-7-6-8-15(11-14)12-18-17(20)13-19(23(2,21)22)16-9-4-3-5-10-16/h6-8,11,16H,3-5,9-10,12-13H2,1-2H3,(H,18,20). The molecular weight excluding hydrogens is 312 g/mol. The van der Waals surface area contributed by atoms with Crippen molar-refractivity contribution in [2.45, 2.75) is 51.6 Å². The molecule has 1 fully saturated rings. The van der Waals surface area contributed by atoms with Crippen molar-refractivity contribution in [3.05, 3.63) is 35.4 Å². The first-order valence-electron chi connectivity index (χ1n) is 8.15. The highest BCUT2D eigenvalue weighted by molar-refractivity contribution is 7.88. The van der Waals surface area contributed by atoms with Crippen LogP contribution in [0.3, 0.4) is 0 Å². The number of rotatable bonds is 6. The molecule has 1 saturated carbocycles. The van der Waals surface area contributed by atoms with E-state index >= 15 is 0 Å². The number of sulfonamides is 1. The first-order valence-corrected chi connectivity index (χ1v) is 10.00. The lowest BCUT2D eigenvalue weighted by molar-refractivity contribution is -0.121. The molecule has 128 valence electrons. The Balaban J connectivity index is 1.94. The van der Waals surface area contributed by atoms with Crippen LogP contribution in [0.5, 0.6) is 0 Å². The second kappa shape index (κ2) is 7.93. The van der Waals surface area contributed by atoms with Crippen molar-refractivity contribution in [1.29, 1.82) is 0 Å². The fourth-order valence-electron chi connectivity index (χ4n) is 3.11. The van der Waals surface area contributed by atoms with Crippen LogP contribution in [0.2, 0.25) is 0 Å². The molecule has 1 aromatic carbocycles. The number of carbonyl (C=O) groups excluding carboxylic acids is 1. The molecule has 0 heterocycles. The minimum atomic E-state index is -3.38. The Morgan fingerprint density at radius 2 is 1.96 bits per heavy atom. The Morgan fingerprint density at radius 3 is 2.57 bits per heavy atom. The van der Waals surface area contributed by atoms with Crippen molar-refractivity contribution in [3.8, 4) is 0 Å². The summed E-state index contributed by atoms with van der Waals surface area (Å²) in [5, 5.41) is 2.82. The molecule has 6 heteroatoms. The summed E-state index contributed by atoms with van der Waals surface area (Å²) in [5.74, 6) is -0.248. The molecule has 1 amide bonds. The molecule has 0 radical (unpaired) electrons. The van der Waals surface area contributed by atoms with Gasteiger partial charge >= 0.3 is 0 Å². The SMILES string of the molecule is Cc1cccc(CNC(=O)CN(C2CCCCC2)S(C)(=O)=O)c1. The van der Waals surface area contributed by atoms with E-state index in [4.69, 9.17) is 0 Å². The Kier molecular flexibility index (Phi) is 6.18. The molecule has 23 heavy (non-hydrogen) atoms. The Labute approximate surface area is 139 Å². The fraction of sp³-hybridized carbons (Fsp3) is 0.588. The zero-order valence-corrected chi connectivity index (χ0v) is 14.7. The van der Waals surface area contributed by atoms with E-state index in [-0.39, 0.29) is 18.5 Å². The molecule has 0 unspecified atom stereocenters. The number of nitrogens with one attached hydrogen (secondary N) is 1. The second-order valence-corrected chi connectivity index (χ2v) is 8.30. The van der Waals surface area contributed by atoms with Gasteiger partial charge < -0.3 is 5.32 Å². The predicted molar refractivity (Wildman–Crippen MR) is 91.4 cm³/mol. The van der Waals surface area contributed by atoms with Crippen LogP contribution < -0.4 is 5.32 Å². The normalized spacial score (nSPS) is 16.5. The molecule has 1 N–H and O–H groups in total. The summed E-state index contributed by atoms with van der Waals surface area (Å²) >= 11 is 0. The highest BCUT2D eigenvalue weighted by Crippen LogP contribution is 2.24. The van der Waals surface area contributed by atoms with E-state index < -0.39 is 10.0 Å². The quantitative estimate of drug-likeness (QED) is 0.865. The Morgan fingerprint density at radius 1 is 1.26 bits per heavy atom. The van der Waals surface area contributed by atoms with Gasteiger partial charge in [0, 0.05) is 12.6 Å². The molecule has 0 saturated heterocycles. The molecule has 1 aliphatic carbocycles. The first kappa shape index (κ1) is 17.9. The lowest BCUT2D eigenvalue weighted by Gasteiger charge is -2.31. The van der Waals surface area contributed by atoms with Gasteiger partial charge in [0.15, 0.2) is 0 Å². The van der Waals surface area contributed by atoms with Gasteiger partial charge in [0.1, 0.15) is 0 Å². The third-order valence-electron chi connectivity index (χ3n) is 4.28. The van der Waals surface area contributed by atoms with Crippen molar-refractivity contribution >= 4 is 15.9 Å². The van der Waals surface area contributed by atoms with E-state index in [1.807, 2.05) is 31.2 Å². The van der Waals surface area contributed by atoms with Gasteiger partial charge in [0.05, 0.1) is 12.8 Å². The number of hydrogen-bond acceptors (Lipinski definition) is 3. The molecule has 0 aliphatic heterocycles. The molecule has 0 atom stereocenters. The summed E-state index contributed by atoms with van der Waals surface area (Å²) < 4.78 is 25.4. The molecule has 1 aliphatic rings. The maximum absolute atomic E-state index is 12.2. The van der Waals surface area contributed by atoms with E-state index in [1.54, 1.807) is 0 Å². The molecular formula is C17H26N2O3S. The fourth-order valence-corrected chi connectivity index (χ4v) is 4.21. The second-order valence-electron chi connectivity index (χ2n) is 6.37. The highest BCUT2D eigenvalue weighted by atomic mass is 32.2. The third kappa shape index (κ3) is 5.62. The Bertz CT molecular complexity index is 637. The number of aryl methyl sites for hydroxylation is 1. The van der Waals surface area contributed by atoms with Crippen LogP contribution in [0.25, 0.3) is 0 Å². The highest BCUT2D eigenvalue weighted by Gasteiger charge is 2.29. The zero-order chi connectivity index (χ0) is 16.9. The topological polar surface area (TPSA) is 66.5 Å². The number of benzene rings is 1. The molecule has 0 bridgehead atoms. The summed E-state index contributed by atoms with van der Waals surface area (Å²) in [5.41, 5.74) is 2.15. The van der Waals surface area contributed by atoms with Gasteiger partial charge in [-0.25, -0.2) is 8.42 Å². The number of hydrogen-bond donors (Lipinski definition) is 1. The van der Waals surface area contributed by atoms with Crippen molar-refractivity contribution in [1.82, 2.24) is 9.62 Å². The van der Waals surface area contributed by atoms with Crippen molar-refractivity contribution < 1.29 is 13.2 Å². The predicted octanol–water partition coefficient (Wildman–Crippen LogP) is 2.21. The number of carbonyl (C=O) groups is 1. The van der Waals surface area contributed by atoms with Crippen LogP contribution in [-0.2, 0) is 21.4 Å². The summed E-state index contributed by atoms with van der Waals surface area (Å²) in [6.45, 7) is 2.33. The Hall–Kier alpha value is -1.40. The van der Waals surface area contributed by atoms with E-state index in [1.165, 1.54) is 10.6 Å². The van der Waals surface area contributed by atoms with E-state index in [9.17, 15) is 13.2 Å². The van der Waals surface area contributed by atoms with Crippen LogP contribution in [0.1, 0.15) is 43.2 Å². The van der Waals surface area contributed by atoms with E-state index in [0.717, 1.165) is 43.2 Å². The summed E-state index contributed by atoms with van der Waals surface area (Å²) in [4.78, 5) is 12.2. The zero-order valence-electron chi connectivity index (χ0n) is 13.9. The summed E-state index contributed by atoms with van der Waals surface area (Å²) in [6, 6.07) is 7.86. The molecule has 0 spiro atoms. The van der Waals surface area contributed by atoms with Crippen LogP contribution in [0, 0.1) is 6.92 Å². The van der Waals surface area contributed by atoms with Crippen molar-refractivity contribution in [2.75, 3.05) is 12.8 Å². The minimum Gasteiger partial charge on any atom is -0.351 e. The van der Waals surface area contributed by atoms with Gasteiger partial charge in [-0.1, -0.05) is 49.1 Å². The van der Waals surface area contributed by atoms with Crippen molar-refractivity contribution in [3.63, 3.8) is 0 Å². The van der Waals surface area contributed by atoms with Crippen LogP contribution in [0.15, 0.2) is 24.3 Å². The van der Waals surface area contributed by atoms with Crippen LogP contribution in [0.4, 0.5) is 0 Å². The van der Waals surface area contributed by atoms with Crippen LogP contribution in [-0.4, -0.2) is 37.5 Å². The third-order valence-corrected chi connectivity index (χ3v) is 5.56. The van der Waals surface area contributed by atoms with Gasteiger partial charge in [-0.3, -0.25) is 4.79 Å². The maximum atomic E-state index is 12.2. The molecule has 5 nitrogen and oxygen atoms in total. The lowest BCUT2D eigenvalue weighted by atomic mass is 9.95. The first-order chi connectivity index (χ1) is 10.9. The largest absolute Gasteiger partial charge is 0.351 e. The molecule has 2 rings (SSSR count). The van der Waals surface area contributed by atoms with Gasteiger partial charge in [-0.2, -0.15) is 4.31 Å². The molecule has 0 aromatic heterocycles. The molecule has 1 aromatic rings. The average Bonchev–Trinajstić information content (AvgIpc) is 2.50. The van der Waals surface area contributed by atoms with E-state index in [0.29, 0.717) is 6.54 Å². The van der Waals surface area contributed by atoms with Crippen molar-refractivity contribution in [2.24, 2.45) is 0 Å². The van der Waals surface area contributed by atoms with Gasteiger partial charge in [-0.05, 0) is 25.3 Å². The summed E-state index contributed by atoms with van der Waals surface area (Å²) in [7, 11) is -3.38. The summed E-state index contributed by atoms with van der Waals surface area (Å²) in [6.07, 6.45) is 6.09. The van der Waals surface area contributed by atoms with Gasteiger partial charge in [-0.15, -0.1) is 0 Å². The monoisotopic (exact) mass is 338 g/mol. The smallest absolute Gasteiger partial charge is 0.235 e. The van der Waals surface area contributed by atoms with Gasteiger partial charge in [0.2, 0.25) is 15.9 Å².